The molecule has 3 heterocycles. The summed E-state index contributed by atoms with van der Waals surface area (Å²) in [5, 5.41) is 6.99. The molecule has 7 heteroatoms. The molecular formula is C17H14N4O2S. The van der Waals surface area contributed by atoms with Crippen molar-refractivity contribution in [3.8, 4) is 10.6 Å². The van der Waals surface area contributed by atoms with Crippen LogP contribution in [0.1, 0.15) is 26.4 Å². The summed E-state index contributed by atoms with van der Waals surface area (Å²) < 4.78 is 1.73. The molecule has 24 heavy (non-hydrogen) atoms. The number of nitrogens with zero attached hydrogens (tertiary/aromatic N) is 4. The second-order valence-electron chi connectivity index (χ2n) is 5.60. The van der Waals surface area contributed by atoms with Gasteiger partial charge in [-0.15, -0.1) is 11.3 Å². The predicted octanol–water partition coefficient (Wildman–Crippen LogP) is 2.38. The van der Waals surface area contributed by atoms with Gasteiger partial charge in [0.15, 0.2) is 0 Å². The Balaban J connectivity index is 1.48. The standard InChI is InChI=1S/C17H14N4O2S/c1-20-9-11(8-18-20)15-19-12(10-24-15)6-7-21-16(22)13-4-2-3-5-14(13)17(21)23/h2-5,8-10H,6-7H2,1H3. The minimum atomic E-state index is -0.224. The molecule has 3 aromatic rings. The highest BCUT2D eigenvalue weighted by molar-refractivity contribution is 7.13. The molecule has 0 saturated heterocycles. The highest BCUT2D eigenvalue weighted by Crippen LogP contribution is 2.25. The molecule has 0 spiro atoms. The van der Waals surface area contributed by atoms with Crippen LogP contribution in [0.25, 0.3) is 10.6 Å². The summed E-state index contributed by atoms with van der Waals surface area (Å²) in [6, 6.07) is 6.93. The molecule has 0 radical (unpaired) electrons. The van der Waals surface area contributed by atoms with Crippen LogP contribution in [0.2, 0.25) is 0 Å². The third-order valence-electron chi connectivity index (χ3n) is 3.97. The van der Waals surface area contributed by atoms with Gasteiger partial charge in [0.25, 0.3) is 11.8 Å². The Morgan fingerprint density at radius 2 is 1.83 bits per heavy atom. The second-order valence-corrected chi connectivity index (χ2v) is 6.46. The Bertz CT molecular complexity index is 908. The second kappa shape index (κ2) is 5.68. The zero-order valence-corrected chi connectivity index (χ0v) is 13.8. The number of amides is 2. The Labute approximate surface area is 142 Å². The lowest BCUT2D eigenvalue weighted by Crippen LogP contribution is -2.31. The van der Waals surface area contributed by atoms with Crippen molar-refractivity contribution in [3.05, 3.63) is 58.9 Å². The average Bonchev–Trinajstić information content (AvgIpc) is 3.27. The highest BCUT2D eigenvalue weighted by Gasteiger charge is 2.34. The fourth-order valence-electron chi connectivity index (χ4n) is 2.75. The minimum Gasteiger partial charge on any atom is -0.275 e. The molecule has 2 amide bonds. The van der Waals surface area contributed by atoms with E-state index in [1.165, 1.54) is 16.2 Å². The molecule has 120 valence electrons. The molecule has 0 saturated carbocycles. The van der Waals surface area contributed by atoms with Gasteiger partial charge in [0.2, 0.25) is 0 Å². The van der Waals surface area contributed by atoms with E-state index in [-0.39, 0.29) is 11.8 Å². The van der Waals surface area contributed by atoms with Gasteiger partial charge < -0.3 is 0 Å². The summed E-state index contributed by atoms with van der Waals surface area (Å²) in [6.45, 7) is 0.336. The van der Waals surface area contributed by atoms with Gasteiger partial charge in [0.1, 0.15) is 5.01 Å². The molecule has 2 aromatic heterocycles. The van der Waals surface area contributed by atoms with Crippen molar-refractivity contribution >= 4 is 23.2 Å². The van der Waals surface area contributed by atoms with Crippen molar-refractivity contribution in [2.75, 3.05) is 6.54 Å². The maximum absolute atomic E-state index is 12.3. The van der Waals surface area contributed by atoms with E-state index < -0.39 is 0 Å². The molecule has 0 fully saturated rings. The molecule has 0 aliphatic carbocycles. The van der Waals surface area contributed by atoms with Crippen LogP contribution < -0.4 is 0 Å². The molecule has 0 unspecified atom stereocenters. The predicted molar refractivity (Wildman–Crippen MR) is 89.8 cm³/mol. The Morgan fingerprint density at radius 1 is 1.12 bits per heavy atom. The summed E-state index contributed by atoms with van der Waals surface area (Å²) in [4.78, 5) is 30.5. The van der Waals surface area contributed by atoms with Gasteiger partial charge in [-0.3, -0.25) is 19.2 Å². The van der Waals surface area contributed by atoms with Crippen molar-refractivity contribution in [1.29, 1.82) is 0 Å². The number of imide groups is 1. The molecule has 6 nitrogen and oxygen atoms in total. The summed E-state index contributed by atoms with van der Waals surface area (Å²) >= 11 is 1.53. The monoisotopic (exact) mass is 338 g/mol. The van der Waals surface area contributed by atoms with Crippen LogP contribution in [0, 0.1) is 0 Å². The van der Waals surface area contributed by atoms with Gasteiger partial charge in [-0.05, 0) is 12.1 Å². The van der Waals surface area contributed by atoms with E-state index in [2.05, 4.69) is 10.1 Å². The first-order chi connectivity index (χ1) is 11.6. The Hall–Kier alpha value is -2.80. The van der Waals surface area contributed by atoms with Crippen molar-refractivity contribution in [3.63, 3.8) is 0 Å². The van der Waals surface area contributed by atoms with Crippen LogP contribution in [0.3, 0.4) is 0 Å². The maximum atomic E-state index is 12.3. The normalized spacial score (nSPS) is 13.6. The van der Waals surface area contributed by atoms with E-state index in [1.807, 2.05) is 18.6 Å². The third kappa shape index (κ3) is 2.43. The van der Waals surface area contributed by atoms with E-state index in [1.54, 1.807) is 35.1 Å². The number of hydrogen-bond donors (Lipinski definition) is 0. The molecule has 0 bridgehead atoms. The zero-order valence-electron chi connectivity index (χ0n) is 13.0. The number of fused-ring (bicyclic) bond motifs is 1. The molecule has 1 aromatic carbocycles. The largest absolute Gasteiger partial charge is 0.275 e. The van der Waals surface area contributed by atoms with E-state index in [4.69, 9.17) is 0 Å². The molecule has 1 aliphatic heterocycles. The van der Waals surface area contributed by atoms with Crippen molar-refractivity contribution < 1.29 is 9.59 Å². The lowest BCUT2D eigenvalue weighted by molar-refractivity contribution is 0.0656. The van der Waals surface area contributed by atoms with Crippen LogP contribution in [0.4, 0.5) is 0 Å². The third-order valence-corrected chi connectivity index (χ3v) is 4.91. The van der Waals surface area contributed by atoms with Gasteiger partial charge >= 0.3 is 0 Å². The number of thiazole rings is 1. The van der Waals surface area contributed by atoms with E-state index in [9.17, 15) is 9.59 Å². The van der Waals surface area contributed by atoms with Crippen LogP contribution >= 0.6 is 11.3 Å². The van der Waals surface area contributed by atoms with Crippen LogP contribution in [-0.2, 0) is 13.5 Å². The average molecular weight is 338 g/mol. The number of carbonyl (C=O) groups is 2. The van der Waals surface area contributed by atoms with Crippen molar-refractivity contribution in [2.45, 2.75) is 6.42 Å². The summed E-state index contributed by atoms with van der Waals surface area (Å²) in [6.07, 6.45) is 4.22. The van der Waals surface area contributed by atoms with Crippen LogP contribution in [-0.4, -0.2) is 38.0 Å². The molecule has 4 rings (SSSR count). The summed E-state index contributed by atoms with van der Waals surface area (Å²) in [5.74, 6) is -0.448. The number of aryl methyl sites for hydroxylation is 1. The zero-order chi connectivity index (χ0) is 16.7. The Morgan fingerprint density at radius 3 is 2.46 bits per heavy atom. The smallest absolute Gasteiger partial charge is 0.261 e. The van der Waals surface area contributed by atoms with Gasteiger partial charge in [-0.2, -0.15) is 5.10 Å². The van der Waals surface area contributed by atoms with Crippen LogP contribution in [0.5, 0.6) is 0 Å². The number of benzene rings is 1. The number of rotatable bonds is 4. The number of aromatic nitrogens is 3. The minimum absolute atomic E-state index is 0.224. The van der Waals surface area contributed by atoms with Gasteiger partial charge in [0, 0.05) is 37.2 Å². The highest BCUT2D eigenvalue weighted by atomic mass is 32.1. The first kappa shape index (κ1) is 14.8. The summed E-state index contributed by atoms with van der Waals surface area (Å²) in [5.41, 5.74) is 2.80. The maximum Gasteiger partial charge on any atom is 0.261 e. The van der Waals surface area contributed by atoms with Gasteiger partial charge in [-0.25, -0.2) is 4.98 Å². The van der Waals surface area contributed by atoms with E-state index in [0.717, 1.165) is 16.3 Å². The van der Waals surface area contributed by atoms with Gasteiger partial charge in [0.05, 0.1) is 23.0 Å². The van der Waals surface area contributed by atoms with Gasteiger partial charge in [-0.1, -0.05) is 12.1 Å². The number of carbonyl (C=O) groups excluding carboxylic acids is 2. The molecule has 0 atom stereocenters. The Kier molecular flexibility index (Phi) is 3.50. The topological polar surface area (TPSA) is 68.1 Å². The molecule has 0 N–H and O–H groups in total. The fraction of sp³-hybridized carbons (Fsp3) is 0.176. The van der Waals surface area contributed by atoms with Crippen molar-refractivity contribution in [2.24, 2.45) is 7.05 Å². The first-order valence-corrected chi connectivity index (χ1v) is 8.40. The molecule has 1 aliphatic rings. The summed E-state index contributed by atoms with van der Waals surface area (Å²) in [7, 11) is 1.86. The number of hydrogen-bond acceptors (Lipinski definition) is 5. The SMILES string of the molecule is Cn1cc(-c2nc(CCN3C(=O)c4ccccc4C3=O)cs2)cn1. The van der Waals surface area contributed by atoms with Crippen molar-refractivity contribution in [1.82, 2.24) is 19.7 Å². The van der Waals surface area contributed by atoms with E-state index >= 15 is 0 Å². The molecular weight excluding hydrogens is 324 g/mol. The quantitative estimate of drug-likeness (QED) is 0.685. The fourth-order valence-corrected chi connectivity index (χ4v) is 3.58. The van der Waals surface area contributed by atoms with Crippen LogP contribution in [0.15, 0.2) is 42.0 Å². The van der Waals surface area contributed by atoms with E-state index in [0.29, 0.717) is 24.1 Å². The lowest BCUT2D eigenvalue weighted by Gasteiger charge is -2.12. The lowest BCUT2D eigenvalue weighted by atomic mass is 10.1. The first-order valence-electron chi connectivity index (χ1n) is 7.52.